The molecule has 0 aliphatic heterocycles. The fourth-order valence-corrected chi connectivity index (χ4v) is 5.24. The zero-order valence-electron chi connectivity index (χ0n) is 19.6. The van der Waals surface area contributed by atoms with Crippen molar-refractivity contribution in [1.29, 1.82) is 0 Å². The van der Waals surface area contributed by atoms with Crippen molar-refractivity contribution in [2.45, 2.75) is 0 Å². The summed E-state index contributed by atoms with van der Waals surface area (Å²) < 4.78 is 6.09. The van der Waals surface area contributed by atoms with E-state index in [1.807, 2.05) is 24.3 Å². The third-order valence-electron chi connectivity index (χ3n) is 6.84. The Morgan fingerprint density at radius 2 is 1.14 bits per heavy atom. The van der Waals surface area contributed by atoms with E-state index in [9.17, 15) is 0 Å². The normalized spacial score (nSPS) is 11.3. The average molecular weight is 462 g/mol. The zero-order chi connectivity index (χ0) is 23.9. The molecule has 1 aromatic heterocycles. The minimum Gasteiger partial charge on any atom is -0.456 e. The first-order chi connectivity index (χ1) is 17.8. The molecule has 2 nitrogen and oxygen atoms in total. The molecule has 0 radical (unpaired) electrons. The number of fused-ring (bicyclic) bond motifs is 4. The Morgan fingerprint density at radius 3 is 2.00 bits per heavy atom. The maximum Gasteiger partial charge on any atom is 0.137 e. The van der Waals surface area contributed by atoms with E-state index in [4.69, 9.17) is 4.42 Å². The van der Waals surface area contributed by atoms with Crippen LogP contribution in [-0.4, -0.2) is 0 Å². The number of furan rings is 1. The summed E-state index contributed by atoms with van der Waals surface area (Å²) in [5.41, 5.74) is 8.75. The van der Waals surface area contributed by atoms with Gasteiger partial charge < -0.3 is 9.73 Å². The predicted octanol–water partition coefficient (Wildman–Crippen LogP) is 9.82. The van der Waals surface area contributed by atoms with Gasteiger partial charge in [-0.3, -0.25) is 0 Å². The van der Waals surface area contributed by atoms with Crippen molar-refractivity contribution in [3.05, 3.63) is 133 Å². The minimum atomic E-state index is 0.888. The Balaban J connectivity index is 1.36. The summed E-state index contributed by atoms with van der Waals surface area (Å²) in [6.07, 6.45) is 0. The summed E-state index contributed by atoms with van der Waals surface area (Å²) >= 11 is 0. The van der Waals surface area contributed by atoms with E-state index in [1.54, 1.807) is 0 Å². The number of para-hydroxylation sites is 1. The fourth-order valence-electron chi connectivity index (χ4n) is 5.24. The standard InChI is InChI=1S/C34H23NO/c1-2-10-23(11-3-1)27-17-7-12-24-13-8-18-28(33(24)27)25-14-6-15-26(22-25)35-30-19-9-21-32-34(30)29-16-4-5-20-31(29)36-32/h1-22,35H. The van der Waals surface area contributed by atoms with Crippen LogP contribution < -0.4 is 5.32 Å². The van der Waals surface area contributed by atoms with Crippen LogP contribution in [0.2, 0.25) is 0 Å². The van der Waals surface area contributed by atoms with Crippen molar-refractivity contribution in [1.82, 2.24) is 0 Å². The topological polar surface area (TPSA) is 25.2 Å². The lowest BCUT2D eigenvalue weighted by atomic mass is 9.91. The molecule has 7 rings (SSSR count). The van der Waals surface area contributed by atoms with Gasteiger partial charge >= 0.3 is 0 Å². The van der Waals surface area contributed by atoms with Gasteiger partial charge in [-0.25, -0.2) is 0 Å². The maximum absolute atomic E-state index is 6.09. The highest BCUT2D eigenvalue weighted by atomic mass is 16.3. The van der Waals surface area contributed by atoms with Crippen LogP contribution in [-0.2, 0) is 0 Å². The molecular weight excluding hydrogens is 438 g/mol. The van der Waals surface area contributed by atoms with Gasteiger partial charge in [-0.05, 0) is 63.4 Å². The molecule has 6 aromatic carbocycles. The molecule has 2 heteroatoms. The molecule has 0 atom stereocenters. The summed E-state index contributed by atoms with van der Waals surface area (Å²) in [7, 11) is 0. The van der Waals surface area contributed by atoms with Crippen LogP contribution in [0.4, 0.5) is 11.4 Å². The quantitative estimate of drug-likeness (QED) is 0.282. The molecule has 0 aliphatic rings. The van der Waals surface area contributed by atoms with Gasteiger partial charge in [0, 0.05) is 11.1 Å². The van der Waals surface area contributed by atoms with Gasteiger partial charge in [0.1, 0.15) is 11.2 Å². The van der Waals surface area contributed by atoms with Gasteiger partial charge in [0.2, 0.25) is 0 Å². The number of benzene rings is 6. The molecule has 0 saturated heterocycles. The van der Waals surface area contributed by atoms with Crippen molar-refractivity contribution in [3.8, 4) is 22.3 Å². The molecule has 1 heterocycles. The average Bonchev–Trinajstić information content (AvgIpc) is 3.33. The van der Waals surface area contributed by atoms with Crippen molar-refractivity contribution in [2.24, 2.45) is 0 Å². The van der Waals surface area contributed by atoms with E-state index in [1.165, 1.54) is 33.0 Å². The monoisotopic (exact) mass is 461 g/mol. The van der Waals surface area contributed by atoms with E-state index in [2.05, 4.69) is 115 Å². The van der Waals surface area contributed by atoms with Crippen LogP contribution in [0.1, 0.15) is 0 Å². The Kier molecular flexibility index (Phi) is 4.82. The predicted molar refractivity (Wildman–Crippen MR) is 152 cm³/mol. The first-order valence-corrected chi connectivity index (χ1v) is 12.2. The van der Waals surface area contributed by atoms with Crippen molar-refractivity contribution in [3.63, 3.8) is 0 Å². The zero-order valence-corrected chi connectivity index (χ0v) is 19.6. The molecule has 36 heavy (non-hydrogen) atoms. The Labute approximate surface area is 209 Å². The molecule has 0 saturated carbocycles. The lowest BCUT2D eigenvalue weighted by Crippen LogP contribution is -1.92. The number of rotatable bonds is 4. The van der Waals surface area contributed by atoms with E-state index < -0.39 is 0 Å². The van der Waals surface area contributed by atoms with Gasteiger partial charge in [0.05, 0.1) is 11.1 Å². The van der Waals surface area contributed by atoms with Gasteiger partial charge in [0.25, 0.3) is 0 Å². The van der Waals surface area contributed by atoms with E-state index in [0.29, 0.717) is 0 Å². The highest BCUT2D eigenvalue weighted by Crippen LogP contribution is 2.39. The number of hydrogen-bond acceptors (Lipinski definition) is 2. The molecule has 0 amide bonds. The largest absolute Gasteiger partial charge is 0.456 e. The smallest absolute Gasteiger partial charge is 0.137 e. The number of hydrogen-bond donors (Lipinski definition) is 1. The molecule has 0 aliphatic carbocycles. The highest BCUT2D eigenvalue weighted by Gasteiger charge is 2.13. The third kappa shape index (κ3) is 3.43. The Bertz CT molecular complexity index is 1860. The van der Waals surface area contributed by atoms with Crippen molar-refractivity contribution >= 4 is 44.1 Å². The van der Waals surface area contributed by atoms with Crippen LogP contribution >= 0.6 is 0 Å². The Hall–Kier alpha value is -4.82. The van der Waals surface area contributed by atoms with Gasteiger partial charge in [-0.1, -0.05) is 103 Å². The second kappa shape index (κ2) is 8.44. The van der Waals surface area contributed by atoms with Crippen molar-refractivity contribution < 1.29 is 4.42 Å². The van der Waals surface area contributed by atoms with E-state index in [0.717, 1.165) is 33.3 Å². The number of anilines is 2. The summed E-state index contributed by atoms with van der Waals surface area (Å²) in [6, 6.07) is 46.8. The third-order valence-corrected chi connectivity index (χ3v) is 6.84. The molecular formula is C34H23NO. The summed E-state index contributed by atoms with van der Waals surface area (Å²) in [5.74, 6) is 0. The second-order valence-corrected chi connectivity index (χ2v) is 9.06. The molecule has 7 aromatic rings. The Morgan fingerprint density at radius 1 is 0.472 bits per heavy atom. The van der Waals surface area contributed by atoms with Crippen LogP contribution in [0.5, 0.6) is 0 Å². The highest BCUT2D eigenvalue weighted by molar-refractivity contribution is 6.12. The minimum absolute atomic E-state index is 0.888. The van der Waals surface area contributed by atoms with Crippen LogP contribution in [0.15, 0.2) is 138 Å². The lowest BCUT2D eigenvalue weighted by molar-refractivity contribution is 0.669. The first kappa shape index (κ1) is 20.5. The molecule has 170 valence electrons. The maximum atomic E-state index is 6.09. The van der Waals surface area contributed by atoms with Crippen LogP contribution in [0.25, 0.3) is 55.0 Å². The first-order valence-electron chi connectivity index (χ1n) is 12.2. The summed E-state index contributed by atoms with van der Waals surface area (Å²) in [5, 5.41) is 8.40. The molecule has 0 spiro atoms. The van der Waals surface area contributed by atoms with Gasteiger partial charge in [0.15, 0.2) is 0 Å². The molecule has 0 unspecified atom stereocenters. The lowest BCUT2D eigenvalue weighted by Gasteiger charge is -2.14. The number of nitrogens with one attached hydrogen (secondary N) is 1. The van der Waals surface area contributed by atoms with E-state index >= 15 is 0 Å². The summed E-state index contributed by atoms with van der Waals surface area (Å²) in [6.45, 7) is 0. The van der Waals surface area contributed by atoms with Gasteiger partial charge in [-0.2, -0.15) is 0 Å². The molecule has 1 N–H and O–H groups in total. The van der Waals surface area contributed by atoms with Gasteiger partial charge in [-0.15, -0.1) is 0 Å². The van der Waals surface area contributed by atoms with E-state index in [-0.39, 0.29) is 0 Å². The van der Waals surface area contributed by atoms with Crippen LogP contribution in [0, 0.1) is 0 Å². The SMILES string of the molecule is c1ccc(-c2cccc3cccc(-c4cccc(Nc5cccc6oc7ccccc7c56)c4)c23)cc1. The van der Waals surface area contributed by atoms with Crippen LogP contribution in [0.3, 0.4) is 0 Å². The fraction of sp³-hybridized carbons (Fsp3) is 0. The van der Waals surface area contributed by atoms with Crippen molar-refractivity contribution in [2.75, 3.05) is 5.32 Å². The second-order valence-electron chi connectivity index (χ2n) is 9.06. The molecule has 0 bridgehead atoms. The summed E-state index contributed by atoms with van der Waals surface area (Å²) in [4.78, 5) is 0. The molecule has 0 fully saturated rings.